The van der Waals surface area contributed by atoms with Gasteiger partial charge < -0.3 is 19.5 Å². The lowest BCUT2D eigenvalue weighted by Crippen LogP contribution is -2.19. The third-order valence-electron chi connectivity index (χ3n) is 4.02. The molecule has 0 aliphatic carbocycles. The van der Waals surface area contributed by atoms with Gasteiger partial charge in [0.1, 0.15) is 0 Å². The molecule has 1 saturated heterocycles. The quantitative estimate of drug-likeness (QED) is 0.720. The predicted octanol–water partition coefficient (Wildman–Crippen LogP) is 4.57. The fraction of sp³-hybridized carbons (Fsp3) is 0.200. The van der Waals surface area contributed by atoms with Gasteiger partial charge in [-0.05, 0) is 66.2 Å². The lowest BCUT2D eigenvalue weighted by Gasteiger charge is -2.12. The first-order valence-electron chi connectivity index (χ1n) is 8.31. The number of benzene rings is 2. The Balaban J connectivity index is 1.91. The molecule has 1 heterocycles. The van der Waals surface area contributed by atoms with E-state index in [0.29, 0.717) is 32.3 Å². The summed E-state index contributed by atoms with van der Waals surface area (Å²) in [6, 6.07) is 8.97. The lowest BCUT2D eigenvalue weighted by atomic mass is 10.1. The minimum atomic E-state index is -0.218. The molecule has 2 aromatic carbocycles. The maximum atomic E-state index is 12.4. The fourth-order valence-corrected chi connectivity index (χ4v) is 3.73. The summed E-state index contributed by atoms with van der Waals surface area (Å²) in [5.74, 6) is 1.31. The molecular formula is C20H19ClN2O4S. The second kappa shape index (κ2) is 8.58. The zero-order chi connectivity index (χ0) is 20.3. The second-order valence-electron chi connectivity index (χ2n) is 5.87. The average Bonchev–Trinajstić information content (AvgIpc) is 3.02. The lowest BCUT2D eigenvalue weighted by molar-refractivity contribution is -0.115. The highest BCUT2D eigenvalue weighted by Gasteiger charge is 2.24. The summed E-state index contributed by atoms with van der Waals surface area (Å²) in [7, 11) is 4.63. The molecule has 1 fully saturated rings. The number of rotatable bonds is 5. The third-order valence-corrected chi connectivity index (χ3v) is 5.16. The Morgan fingerprint density at radius 1 is 1.07 bits per heavy atom. The van der Waals surface area contributed by atoms with Crippen molar-refractivity contribution >= 4 is 46.2 Å². The number of aryl methyl sites for hydroxylation is 1. The molecule has 0 aromatic heterocycles. The first-order valence-corrected chi connectivity index (χ1v) is 9.50. The standard InChI is InChI=1S/C20H19ClN2O4S/c1-11-7-13(21)5-6-14(11)22-20-23-19(24)17(28-20)10-12-8-15(25-2)18(27-4)16(9-12)26-3/h5-10H,1-4H3,(H,22,23,24)/b17-10-. The summed E-state index contributed by atoms with van der Waals surface area (Å²) in [5.41, 5.74) is 2.43. The molecule has 0 unspecified atom stereocenters. The van der Waals surface area contributed by atoms with Crippen LogP contribution in [0, 0.1) is 6.92 Å². The first-order chi connectivity index (χ1) is 13.4. The van der Waals surface area contributed by atoms with Crippen LogP contribution in [0.1, 0.15) is 11.1 Å². The number of amides is 1. The van der Waals surface area contributed by atoms with Crippen molar-refractivity contribution in [2.45, 2.75) is 6.92 Å². The van der Waals surface area contributed by atoms with Crippen LogP contribution < -0.4 is 19.5 Å². The van der Waals surface area contributed by atoms with Gasteiger partial charge in [-0.15, -0.1) is 0 Å². The molecule has 0 radical (unpaired) electrons. The molecule has 28 heavy (non-hydrogen) atoms. The summed E-state index contributed by atoms with van der Waals surface area (Å²) in [6.07, 6.45) is 1.75. The van der Waals surface area contributed by atoms with E-state index in [1.54, 1.807) is 45.6 Å². The van der Waals surface area contributed by atoms with Crippen LogP contribution in [0.2, 0.25) is 5.02 Å². The van der Waals surface area contributed by atoms with Gasteiger partial charge in [0, 0.05) is 5.02 Å². The monoisotopic (exact) mass is 418 g/mol. The number of thioether (sulfide) groups is 1. The van der Waals surface area contributed by atoms with Crippen molar-refractivity contribution in [3.05, 3.63) is 51.4 Å². The molecule has 3 rings (SSSR count). The number of nitrogens with one attached hydrogen (secondary N) is 1. The number of halogens is 1. The Kier molecular flexibility index (Phi) is 6.16. The van der Waals surface area contributed by atoms with E-state index in [1.165, 1.54) is 11.8 Å². The van der Waals surface area contributed by atoms with Gasteiger partial charge >= 0.3 is 0 Å². The number of ether oxygens (including phenoxy) is 3. The van der Waals surface area contributed by atoms with Gasteiger partial charge in [-0.1, -0.05) is 11.6 Å². The number of amidine groups is 1. The van der Waals surface area contributed by atoms with Crippen LogP contribution in [0.4, 0.5) is 5.69 Å². The van der Waals surface area contributed by atoms with Crippen molar-refractivity contribution in [2.75, 3.05) is 21.3 Å². The molecule has 1 amide bonds. The van der Waals surface area contributed by atoms with Crippen LogP contribution in [0.5, 0.6) is 17.2 Å². The molecule has 1 aliphatic rings. The molecule has 1 aliphatic heterocycles. The first kappa shape index (κ1) is 20.1. The Morgan fingerprint density at radius 2 is 1.75 bits per heavy atom. The molecule has 2 aromatic rings. The van der Waals surface area contributed by atoms with Crippen LogP contribution in [-0.4, -0.2) is 32.4 Å². The summed E-state index contributed by atoms with van der Waals surface area (Å²) in [6.45, 7) is 1.92. The molecular weight excluding hydrogens is 400 g/mol. The maximum Gasteiger partial charge on any atom is 0.264 e. The van der Waals surface area contributed by atoms with E-state index in [4.69, 9.17) is 25.8 Å². The Hall–Kier alpha value is -2.64. The molecule has 0 spiro atoms. The maximum absolute atomic E-state index is 12.4. The zero-order valence-electron chi connectivity index (χ0n) is 15.8. The smallest absolute Gasteiger partial charge is 0.264 e. The second-order valence-corrected chi connectivity index (χ2v) is 7.34. The summed E-state index contributed by atoms with van der Waals surface area (Å²) < 4.78 is 16.0. The van der Waals surface area contributed by atoms with Gasteiger partial charge in [0.15, 0.2) is 16.7 Å². The number of hydrogen-bond donors (Lipinski definition) is 1. The van der Waals surface area contributed by atoms with Gasteiger partial charge in [0.2, 0.25) is 5.75 Å². The van der Waals surface area contributed by atoms with Crippen molar-refractivity contribution in [1.29, 1.82) is 0 Å². The van der Waals surface area contributed by atoms with E-state index in [9.17, 15) is 4.79 Å². The van der Waals surface area contributed by atoms with Crippen molar-refractivity contribution in [3.63, 3.8) is 0 Å². The zero-order valence-corrected chi connectivity index (χ0v) is 17.4. The van der Waals surface area contributed by atoms with Gasteiger partial charge in [0.25, 0.3) is 5.91 Å². The largest absolute Gasteiger partial charge is 0.493 e. The van der Waals surface area contributed by atoms with Crippen molar-refractivity contribution in [3.8, 4) is 17.2 Å². The van der Waals surface area contributed by atoms with Crippen LogP contribution in [0.25, 0.3) is 6.08 Å². The number of carbonyl (C=O) groups is 1. The molecule has 1 N–H and O–H groups in total. The summed E-state index contributed by atoms with van der Waals surface area (Å²) in [4.78, 5) is 17.4. The summed E-state index contributed by atoms with van der Waals surface area (Å²) in [5, 5.41) is 3.93. The van der Waals surface area contributed by atoms with Gasteiger partial charge in [0.05, 0.1) is 31.9 Å². The average molecular weight is 419 g/mol. The van der Waals surface area contributed by atoms with E-state index in [0.717, 1.165) is 16.8 Å². The Bertz CT molecular complexity index is 963. The number of methoxy groups -OCH3 is 3. The van der Waals surface area contributed by atoms with Crippen molar-refractivity contribution in [2.24, 2.45) is 4.99 Å². The number of nitrogens with zero attached hydrogens (tertiary/aromatic N) is 1. The third kappa shape index (κ3) is 4.26. The van der Waals surface area contributed by atoms with Crippen LogP contribution >= 0.6 is 23.4 Å². The van der Waals surface area contributed by atoms with Crippen molar-refractivity contribution < 1.29 is 19.0 Å². The molecule has 0 saturated carbocycles. The highest BCUT2D eigenvalue weighted by molar-refractivity contribution is 8.18. The highest BCUT2D eigenvalue weighted by Crippen LogP contribution is 2.39. The number of aliphatic imine (C=N–C) groups is 1. The normalized spacial score (nSPS) is 16.4. The SMILES string of the molecule is COc1cc(/C=C2\SC(=Nc3ccc(Cl)cc3C)NC2=O)cc(OC)c1OC. The van der Waals surface area contributed by atoms with Gasteiger partial charge in [-0.25, -0.2) is 4.99 Å². The number of hydrogen-bond acceptors (Lipinski definition) is 6. The predicted molar refractivity (Wildman–Crippen MR) is 113 cm³/mol. The van der Waals surface area contributed by atoms with Crippen LogP contribution in [0.15, 0.2) is 40.2 Å². The molecule has 0 bridgehead atoms. The van der Waals surface area contributed by atoms with Crippen LogP contribution in [0.3, 0.4) is 0 Å². The van der Waals surface area contributed by atoms with Gasteiger partial charge in [-0.2, -0.15) is 0 Å². The molecule has 6 nitrogen and oxygen atoms in total. The Morgan fingerprint density at radius 3 is 2.32 bits per heavy atom. The van der Waals surface area contributed by atoms with E-state index in [-0.39, 0.29) is 5.91 Å². The topological polar surface area (TPSA) is 69.2 Å². The molecule has 146 valence electrons. The fourth-order valence-electron chi connectivity index (χ4n) is 2.67. The minimum Gasteiger partial charge on any atom is -0.493 e. The Labute approximate surface area is 172 Å². The van der Waals surface area contributed by atoms with Crippen molar-refractivity contribution in [1.82, 2.24) is 5.32 Å². The number of carbonyl (C=O) groups excluding carboxylic acids is 1. The molecule has 8 heteroatoms. The van der Waals surface area contributed by atoms with Gasteiger partial charge in [-0.3, -0.25) is 4.79 Å². The van der Waals surface area contributed by atoms with E-state index in [1.807, 2.05) is 19.1 Å². The van der Waals surface area contributed by atoms with E-state index in [2.05, 4.69) is 10.3 Å². The minimum absolute atomic E-state index is 0.218. The molecule has 0 atom stereocenters. The van der Waals surface area contributed by atoms with E-state index >= 15 is 0 Å². The van der Waals surface area contributed by atoms with Crippen LogP contribution in [-0.2, 0) is 4.79 Å². The summed E-state index contributed by atoms with van der Waals surface area (Å²) >= 11 is 7.24. The van der Waals surface area contributed by atoms with E-state index < -0.39 is 0 Å². The highest BCUT2D eigenvalue weighted by atomic mass is 35.5.